The number of alkyl halides is 1. The maximum atomic E-state index is 14.9. The van der Waals surface area contributed by atoms with Crippen molar-refractivity contribution < 1.29 is 32.6 Å². The number of nitrogens with zero attached hydrogens (tertiary/aromatic N) is 3. The van der Waals surface area contributed by atoms with Crippen LogP contribution in [0.4, 0.5) is 14.5 Å². The molecule has 266 valence electrons. The molecule has 2 fully saturated rings. The lowest BCUT2D eigenvalue weighted by Gasteiger charge is -2.32. The van der Waals surface area contributed by atoms with Gasteiger partial charge in [0.15, 0.2) is 23.1 Å². The molecule has 0 bridgehead atoms. The molecule has 0 unspecified atom stereocenters. The molecule has 5 rings (SSSR count). The molecule has 3 aromatic rings. The van der Waals surface area contributed by atoms with E-state index in [0.29, 0.717) is 59.6 Å². The molecule has 0 radical (unpaired) electrons. The van der Waals surface area contributed by atoms with Gasteiger partial charge in [-0.25, -0.2) is 8.78 Å². The second kappa shape index (κ2) is 19.4. The third-order valence-corrected chi connectivity index (χ3v) is 8.07. The molecule has 2 heterocycles. The van der Waals surface area contributed by atoms with Crippen LogP contribution in [-0.2, 0) is 9.59 Å². The smallest absolute Gasteiger partial charge is 0.237 e. The van der Waals surface area contributed by atoms with E-state index in [-0.39, 0.29) is 11.4 Å². The van der Waals surface area contributed by atoms with Gasteiger partial charge >= 0.3 is 0 Å². The number of hydrogen-bond donors (Lipinski definition) is 2. The number of piperazine rings is 1. The fraction of sp³-hybridized carbons (Fsp3) is 0.432. The number of aromatic nitrogens is 1. The molecule has 1 amide bonds. The number of anilines is 1. The van der Waals surface area contributed by atoms with Crippen LogP contribution in [0.2, 0.25) is 0 Å². The molecule has 12 heteroatoms. The number of carbonyl (C=O) groups excluding carboxylic acids is 2. The number of pyridine rings is 1. The second-order valence-electron chi connectivity index (χ2n) is 11.5. The van der Waals surface area contributed by atoms with Crippen LogP contribution in [0.1, 0.15) is 40.0 Å². The molecule has 1 saturated heterocycles. The number of carbonyl (C=O) groups is 2. The van der Waals surface area contributed by atoms with Gasteiger partial charge in [-0.1, -0.05) is 26.0 Å². The van der Waals surface area contributed by atoms with Gasteiger partial charge in [0.05, 0.1) is 19.2 Å². The quantitative estimate of drug-likeness (QED) is 0.0901. The summed E-state index contributed by atoms with van der Waals surface area (Å²) in [5, 5.41) is 3.25. The standard InChI is InChI=1S/C29H33FN4O5.C6H10FN.C2H6/c1-33-11-13-34(14-12-33)10-3-15-38-27-18-23-21(17-26(27)37-2)24(6-9-31-23)39-25-5-4-20(16-22(25)30)32-28(36)29(19-35)7-8-29;1-2-6(8)4-3-5-7;1-2/h4-6,9,16-19H,3,7-8,10-15H2,1-2H3,(H,32,36);2-4H,5,8H2,1H3;1-2H3/b;4-3-,6-2+;. The number of benzene rings is 2. The molecule has 10 nitrogen and oxygen atoms in total. The first-order valence-electron chi connectivity index (χ1n) is 16.6. The van der Waals surface area contributed by atoms with Crippen molar-refractivity contribution in [1.29, 1.82) is 0 Å². The molecular weight excluding hydrogens is 632 g/mol. The Morgan fingerprint density at radius 3 is 2.41 bits per heavy atom. The Balaban J connectivity index is 0.000000573. The Morgan fingerprint density at radius 2 is 1.80 bits per heavy atom. The van der Waals surface area contributed by atoms with E-state index in [1.165, 1.54) is 24.3 Å². The number of aldehydes is 1. The van der Waals surface area contributed by atoms with Gasteiger partial charge in [-0.2, -0.15) is 0 Å². The number of ether oxygens (including phenoxy) is 3. The van der Waals surface area contributed by atoms with Crippen LogP contribution >= 0.6 is 0 Å². The van der Waals surface area contributed by atoms with Gasteiger partial charge in [-0.05, 0) is 63.6 Å². The number of likely N-dealkylation sites (N-methyl/N-ethyl adjacent to an activating group) is 1. The van der Waals surface area contributed by atoms with Crippen molar-refractivity contribution in [3.05, 3.63) is 72.3 Å². The second-order valence-corrected chi connectivity index (χ2v) is 11.5. The Labute approximate surface area is 287 Å². The van der Waals surface area contributed by atoms with Crippen molar-refractivity contribution in [3.63, 3.8) is 0 Å². The zero-order chi connectivity index (χ0) is 35.8. The fourth-order valence-corrected chi connectivity index (χ4v) is 4.88. The van der Waals surface area contributed by atoms with Crippen LogP contribution in [0, 0.1) is 11.2 Å². The van der Waals surface area contributed by atoms with Gasteiger partial charge in [0, 0.05) is 67.8 Å². The molecule has 1 aromatic heterocycles. The van der Waals surface area contributed by atoms with Crippen molar-refractivity contribution in [1.82, 2.24) is 14.8 Å². The van der Waals surface area contributed by atoms with Crippen LogP contribution in [0.25, 0.3) is 10.9 Å². The van der Waals surface area contributed by atoms with Crippen LogP contribution in [0.15, 0.2) is 66.5 Å². The van der Waals surface area contributed by atoms with Crippen LogP contribution in [0.5, 0.6) is 23.0 Å². The monoisotopic (exact) mass is 681 g/mol. The molecule has 3 N–H and O–H groups in total. The minimum atomic E-state index is -0.978. The average molecular weight is 682 g/mol. The van der Waals surface area contributed by atoms with E-state index in [2.05, 4.69) is 27.1 Å². The lowest BCUT2D eigenvalue weighted by Crippen LogP contribution is -2.44. The summed E-state index contributed by atoms with van der Waals surface area (Å²) in [6, 6.07) is 9.36. The molecule has 49 heavy (non-hydrogen) atoms. The van der Waals surface area contributed by atoms with Crippen LogP contribution in [0.3, 0.4) is 0 Å². The highest BCUT2D eigenvalue weighted by Gasteiger charge is 2.50. The first-order chi connectivity index (χ1) is 23.7. The summed E-state index contributed by atoms with van der Waals surface area (Å²) in [5.74, 6) is 0.426. The third kappa shape index (κ3) is 11.3. The van der Waals surface area contributed by atoms with Crippen molar-refractivity contribution in [2.75, 3.05) is 65.5 Å². The summed E-state index contributed by atoms with van der Waals surface area (Å²) in [4.78, 5) is 32.7. The largest absolute Gasteiger partial charge is 0.493 e. The van der Waals surface area contributed by atoms with Crippen LogP contribution < -0.4 is 25.3 Å². The first-order valence-corrected chi connectivity index (χ1v) is 16.6. The molecule has 1 aliphatic heterocycles. The summed E-state index contributed by atoms with van der Waals surface area (Å²) >= 11 is 0. The zero-order valence-corrected chi connectivity index (χ0v) is 29.1. The fourth-order valence-electron chi connectivity index (χ4n) is 4.88. The number of halogens is 2. The van der Waals surface area contributed by atoms with Crippen molar-refractivity contribution in [2.45, 2.75) is 40.0 Å². The predicted octanol–water partition coefficient (Wildman–Crippen LogP) is 6.51. The SMILES string of the molecule is C/C=C(N)\C=C/CF.CC.COc1cc2c(Oc3ccc(NC(=O)C4(C=O)CC4)cc3F)ccnc2cc1OCCCN1CCN(C)CC1. The molecule has 1 aliphatic carbocycles. The van der Waals surface area contributed by atoms with Gasteiger partial charge < -0.3 is 39.9 Å². The highest BCUT2D eigenvalue weighted by atomic mass is 19.1. The van der Waals surface area contributed by atoms with Gasteiger partial charge in [0.25, 0.3) is 0 Å². The van der Waals surface area contributed by atoms with E-state index in [1.807, 2.05) is 13.8 Å². The van der Waals surface area contributed by atoms with E-state index in [4.69, 9.17) is 19.9 Å². The number of nitrogens with two attached hydrogens (primary N) is 1. The summed E-state index contributed by atoms with van der Waals surface area (Å²) in [5.41, 5.74) is 5.77. The Kier molecular flexibility index (Phi) is 15.4. The number of hydrogen-bond acceptors (Lipinski definition) is 9. The van der Waals surface area contributed by atoms with Gasteiger partial charge in [0.2, 0.25) is 5.91 Å². The highest BCUT2D eigenvalue weighted by Crippen LogP contribution is 2.44. The van der Waals surface area contributed by atoms with E-state index in [0.717, 1.165) is 39.1 Å². The van der Waals surface area contributed by atoms with E-state index >= 15 is 0 Å². The number of methoxy groups -OCH3 is 1. The van der Waals surface area contributed by atoms with Gasteiger partial charge in [-0.15, -0.1) is 0 Å². The normalized spacial score (nSPS) is 15.8. The van der Waals surface area contributed by atoms with Crippen molar-refractivity contribution in [2.24, 2.45) is 11.1 Å². The minimum absolute atomic E-state index is 0.0137. The first kappa shape index (κ1) is 38.9. The summed E-state index contributed by atoms with van der Waals surface area (Å²) in [6.07, 6.45) is 8.78. The Hall–Kier alpha value is -4.55. The predicted molar refractivity (Wildman–Crippen MR) is 190 cm³/mol. The van der Waals surface area contributed by atoms with Gasteiger partial charge in [0.1, 0.15) is 24.1 Å². The molecule has 2 aliphatic rings. The minimum Gasteiger partial charge on any atom is -0.493 e. The maximum Gasteiger partial charge on any atom is 0.237 e. The van der Waals surface area contributed by atoms with Gasteiger partial charge in [-0.3, -0.25) is 9.78 Å². The molecular formula is C37H49F2N5O5. The van der Waals surface area contributed by atoms with Crippen molar-refractivity contribution in [3.8, 4) is 23.0 Å². The van der Waals surface area contributed by atoms with E-state index < -0.39 is 23.8 Å². The molecule has 0 atom stereocenters. The van der Waals surface area contributed by atoms with Crippen molar-refractivity contribution >= 4 is 28.8 Å². The maximum absolute atomic E-state index is 14.9. The number of nitrogens with one attached hydrogen (secondary N) is 1. The summed E-state index contributed by atoms with van der Waals surface area (Å²) in [6.45, 7) is 11.2. The topological polar surface area (TPSA) is 119 Å². The molecule has 0 spiro atoms. The lowest BCUT2D eigenvalue weighted by molar-refractivity contribution is -0.126. The average Bonchev–Trinajstić information content (AvgIpc) is 3.93. The zero-order valence-electron chi connectivity index (χ0n) is 29.1. The lowest BCUT2D eigenvalue weighted by atomic mass is 10.1. The number of rotatable bonds is 13. The number of fused-ring (bicyclic) bond motifs is 1. The Bertz CT molecular complexity index is 1590. The summed E-state index contributed by atoms with van der Waals surface area (Å²) in [7, 11) is 3.71. The molecule has 2 aromatic carbocycles. The highest BCUT2D eigenvalue weighted by molar-refractivity contribution is 6.07. The molecule has 1 saturated carbocycles. The number of allylic oxidation sites excluding steroid dienone is 3. The third-order valence-electron chi connectivity index (χ3n) is 8.07. The van der Waals surface area contributed by atoms with Crippen LogP contribution in [-0.4, -0.2) is 87.1 Å². The van der Waals surface area contributed by atoms with E-state index in [1.54, 1.807) is 50.6 Å². The number of amides is 1. The summed E-state index contributed by atoms with van der Waals surface area (Å²) < 4.78 is 43.8. The van der Waals surface area contributed by atoms with E-state index in [9.17, 15) is 18.4 Å². The Morgan fingerprint density at radius 1 is 1.06 bits per heavy atom.